The first-order chi connectivity index (χ1) is 6.16. The third kappa shape index (κ3) is 1.79. The van der Waals surface area contributed by atoms with Gasteiger partial charge in [-0.15, -0.1) is 0 Å². The number of aromatic carboxylic acids is 1. The summed E-state index contributed by atoms with van der Waals surface area (Å²) in [4.78, 5) is 18.2. The molecule has 0 bridgehead atoms. The molecular weight excluding hydrogens is 177 g/mol. The molecule has 2 heterocycles. The summed E-state index contributed by atoms with van der Waals surface area (Å²) in [6, 6.07) is 0. The number of nitrogens with zero attached hydrogens (tertiary/aromatic N) is 3. The third-order valence-corrected chi connectivity index (χ3v) is 1.67. The number of fused-ring (bicyclic) bond motifs is 1. The molecule has 5 nitrogen and oxygen atoms in total. The van der Waals surface area contributed by atoms with Gasteiger partial charge in [-0.25, -0.2) is 9.97 Å². The Bertz CT molecular complexity index is 480. The SMILES string of the molecule is Cc1cn2cc(C(=O)[O-])ncc2n1.[Li+]. The molecule has 0 saturated heterocycles. The quantitative estimate of drug-likeness (QED) is 0.428. The van der Waals surface area contributed by atoms with Crippen molar-refractivity contribution in [3.63, 3.8) is 0 Å². The number of imidazole rings is 1. The molecule has 0 atom stereocenters. The van der Waals surface area contributed by atoms with E-state index in [0.717, 1.165) is 5.69 Å². The second-order valence-electron chi connectivity index (χ2n) is 2.71. The molecule has 0 N–H and O–H groups in total. The molecule has 0 fully saturated rings. The standard InChI is InChI=1S/C8H7N3O2.Li/c1-5-3-11-4-6(8(12)13)9-2-7(11)10-5;/h2-4H,1H3,(H,12,13);/q;+1/p-1. The van der Waals surface area contributed by atoms with E-state index in [9.17, 15) is 9.90 Å². The predicted molar refractivity (Wildman–Crippen MR) is 42.1 cm³/mol. The fourth-order valence-corrected chi connectivity index (χ4v) is 1.13. The van der Waals surface area contributed by atoms with Gasteiger partial charge in [-0.05, 0) is 6.92 Å². The Hall–Kier alpha value is -1.31. The predicted octanol–water partition coefficient (Wildman–Crippen LogP) is -3.59. The summed E-state index contributed by atoms with van der Waals surface area (Å²) in [5.41, 5.74) is 1.35. The minimum atomic E-state index is -1.28. The summed E-state index contributed by atoms with van der Waals surface area (Å²) in [6.45, 7) is 1.83. The largest absolute Gasteiger partial charge is 1.00 e. The van der Waals surface area contributed by atoms with Crippen LogP contribution in [-0.4, -0.2) is 20.3 Å². The molecule has 0 unspecified atom stereocenters. The molecule has 0 amide bonds. The number of carbonyl (C=O) groups is 1. The van der Waals surface area contributed by atoms with Crippen LogP contribution in [0.3, 0.4) is 0 Å². The number of carbonyl (C=O) groups excluding carboxylic acids is 1. The number of carboxylic acids is 1. The van der Waals surface area contributed by atoms with E-state index in [1.807, 2.05) is 6.92 Å². The molecule has 0 saturated carbocycles. The number of aryl methyl sites for hydroxylation is 1. The Morgan fingerprint density at radius 1 is 1.50 bits per heavy atom. The molecule has 14 heavy (non-hydrogen) atoms. The molecule has 0 aliphatic rings. The summed E-state index contributed by atoms with van der Waals surface area (Å²) in [5.74, 6) is -1.28. The van der Waals surface area contributed by atoms with Crippen LogP contribution < -0.4 is 24.0 Å². The summed E-state index contributed by atoms with van der Waals surface area (Å²) in [7, 11) is 0. The number of rotatable bonds is 1. The molecule has 2 aromatic rings. The first-order valence-electron chi connectivity index (χ1n) is 3.69. The van der Waals surface area contributed by atoms with Crippen LogP contribution in [0.4, 0.5) is 0 Å². The van der Waals surface area contributed by atoms with Crippen molar-refractivity contribution in [2.45, 2.75) is 6.92 Å². The zero-order valence-corrected chi connectivity index (χ0v) is 7.89. The van der Waals surface area contributed by atoms with Gasteiger partial charge in [0.25, 0.3) is 0 Å². The Balaban J connectivity index is 0.000000980. The molecule has 0 aliphatic heterocycles. The molecule has 0 aliphatic carbocycles. The summed E-state index contributed by atoms with van der Waals surface area (Å²) < 4.78 is 1.60. The van der Waals surface area contributed by atoms with Gasteiger partial charge in [0, 0.05) is 12.4 Å². The molecule has 66 valence electrons. The average Bonchev–Trinajstić information content (AvgIpc) is 2.42. The minimum absolute atomic E-state index is 0. The van der Waals surface area contributed by atoms with Gasteiger partial charge >= 0.3 is 18.9 Å². The first kappa shape index (κ1) is 10.8. The van der Waals surface area contributed by atoms with Gasteiger partial charge < -0.3 is 14.3 Å². The second-order valence-corrected chi connectivity index (χ2v) is 2.71. The molecule has 2 aromatic heterocycles. The maximum absolute atomic E-state index is 10.4. The monoisotopic (exact) mass is 183 g/mol. The van der Waals surface area contributed by atoms with Crippen LogP contribution in [0, 0.1) is 6.92 Å². The van der Waals surface area contributed by atoms with Crippen molar-refractivity contribution in [1.82, 2.24) is 14.4 Å². The van der Waals surface area contributed by atoms with Crippen molar-refractivity contribution < 1.29 is 28.8 Å². The number of aromatic nitrogens is 3. The van der Waals surface area contributed by atoms with Gasteiger partial charge in [-0.3, -0.25) is 0 Å². The Labute approximate surface area is 92.0 Å². The van der Waals surface area contributed by atoms with E-state index in [1.165, 1.54) is 12.4 Å². The molecule has 0 radical (unpaired) electrons. The van der Waals surface area contributed by atoms with Crippen molar-refractivity contribution in [1.29, 1.82) is 0 Å². The van der Waals surface area contributed by atoms with E-state index < -0.39 is 5.97 Å². The van der Waals surface area contributed by atoms with Crippen molar-refractivity contribution >= 4 is 11.6 Å². The van der Waals surface area contributed by atoms with E-state index >= 15 is 0 Å². The van der Waals surface area contributed by atoms with Crippen molar-refractivity contribution in [2.24, 2.45) is 0 Å². The summed E-state index contributed by atoms with van der Waals surface area (Å²) in [6.07, 6.45) is 4.51. The van der Waals surface area contributed by atoms with E-state index in [1.54, 1.807) is 10.6 Å². The molecule has 2 rings (SSSR count). The fraction of sp³-hybridized carbons (Fsp3) is 0.125. The molecule has 6 heteroatoms. The van der Waals surface area contributed by atoms with E-state index in [2.05, 4.69) is 9.97 Å². The summed E-state index contributed by atoms with van der Waals surface area (Å²) in [5, 5.41) is 10.4. The number of hydrogen-bond donors (Lipinski definition) is 0. The molecule has 0 spiro atoms. The van der Waals surface area contributed by atoms with Gasteiger partial charge in [0.05, 0.1) is 17.9 Å². The zero-order chi connectivity index (χ0) is 9.42. The zero-order valence-electron chi connectivity index (χ0n) is 7.89. The van der Waals surface area contributed by atoms with Crippen LogP contribution in [0.25, 0.3) is 5.65 Å². The number of hydrogen-bond acceptors (Lipinski definition) is 4. The maximum atomic E-state index is 10.4. The number of carboxylic acid groups (broad SMARTS) is 1. The van der Waals surface area contributed by atoms with Gasteiger partial charge in [0.2, 0.25) is 0 Å². The Kier molecular flexibility index (Phi) is 2.94. The molecule has 0 aromatic carbocycles. The third-order valence-electron chi connectivity index (χ3n) is 1.67. The minimum Gasteiger partial charge on any atom is -0.543 e. The van der Waals surface area contributed by atoms with Crippen LogP contribution in [0.5, 0.6) is 0 Å². The van der Waals surface area contributed by atoms with Crippen LogP contribution in [0.1, 0.15) is 16.2 Å². The molecular formula is C8H6LiN3O2. The second kappa shape index (κ2) is 3.82. The fourth-order valence-electron chi connectivity index (χ4n) is 1.13. The van der Waals surface area contributed by atoms with Gasteiger partial charge in [-0.1, -0.05) is 0 Å². The maximum Gasteiger partial charge on any atom is 1.00 e. The average molecular weight is 183 g/mol. The van der Waals surface area contributed by atoms with Gasteiger partial charge in [0.15, 0.2) is 5.65 Å². The topological polar surface area (TPSA) is 70.3 Å². The van der Waals surface area contributed by atoms with Crippen LogP contribution in [0.2, 0.25) is 0 Å². The summed E-state index contributed by atoms with van der Waals surface area (Å²) >= 11 is 0. The Morgan fingerprint density at radius 2 is 2.21 bits per heavy atom. The van der Waals surface area contributed by atoms with E-state index in [0.29, 0.717) is 5.65 Å². The van der Waals surface area contributed by atoms with Crippen LogP contribution in [-0.2, 0) is 0 Å². The van der Waals surface area contributed by atoms with Crippen LogP contribution >= 0.6 is 0 Å². The van der Waals surface area contributed by atoms with Crippen molar-refractivity contribution in [2.75, 3.05) is 0 Å². The normalized spacial score (nSPS) is 9.79. The van der Waals surface area contributed by atoms with E-state index in [-0.39, 0.29) is 24.6 Å². The van der Waals surface area contributed by atoms with Crippen molar-refractivity contribution in [3.8, 4) is 0 Å². The van der Waals surface area contributed by atoms with Crippen LogP contribution in [0.15, 0.2) is 18.6 Å². The van der Waals surface area contributed by atoms with Gasteiger partial charge in [-0.2, -0.15) is 0 Å². The Morgan fingerprint density at radius 3 is 2.86 bits per heavy atom. The van der Waals surface area contributed by atoms with Gasteiger partial charge in [0.1, 0.15) is 5.69 Å². The smallest absolute Gasteiger partial charge is 0.543 e. The van der Waals surface area contributed by atoms with Crippen molar-refractivity contribution in [3.05, 3.63) is 30.0 Å². The van der Waals surface area contributed by atoms with E-state index in [4.69, 9.17) is 0 Å². The first-order valence-corrected chi connectivity index (χ1v) is 3.69.